The van der Waals surface area contributed by atoms with Crippen LogP contribution >= 0.6 is 0 Å². The second-order valence-corrected chi connectivity index (χ2v) is 6.03. The zero-order valence-electron chi connectivity index (χ0n) is 14.0. The van der Waals surface area contributed by atoms with Crippen molar-refractivity contribution in [2.24, 2.45) is 11.8 Å². The molecule has 1 aromatic rings. The first kappa shape index (κ1) is 17.7. The van der Waals surface area contributed by atoms with E-state index < -0.39 is 0 Å². The van der Waals surface area contributed by atoms with Gasteiger partial charge in [-0.15, -0.1) is 0 Å². The average molecular weight is 315 g/mol. The van der Waals surface area contributed by atoms with Gasteiger partial charge in [0.25, 0.3) is 0 Å². The molecule has 1 aliphatic heterocycles. The minimum Gasteiger partial charge on any atom is -0.373 e. The van der Waals surface area contributed by atoms with Crippen LogP contribution in [0.15, 0.2) is 42.5 Å². The molecular weight excluding hydrogens is 290 g/mol. The highest BCUT2D eigenvalue weighted by molar-refractivity contribution is 5.13. The zero-order chi connectivity index (χ0) is 16.7. The van der Waals surface area contributed by atoms with E-state index in [1.807, 2.05) is 30.3 Å². The molecule has 23 heavy (non-hydrogen) atoms. The van der Waals surface area contributed by atoms with E-state index in [0.29, 0.717) is 13.0 Å². The minimum atomic E-state index is -0.285. The molecule has 1 fully saturated rings. The van der Waals surface area contributed by atoms with E-state index in [1.54, 1.807) is 7.11 Å². The molecule has 0 N–H and O–H groups in total. The molecule has 4 heteroatoms. The molecule has 1 saturated heterocycles. The first-order valence-electron chi connectivity index (χ1n) is 8.05. The van der Waals surface area contributed by atoms with Gasteiger partial charge in [0.2, 0.25) is 0 Å². The molecule has 1 heterocycles. The second kappa shape index (κ2) is 8.83. The van der Waals surface area contributed by atoms with Gasteiger partial charge < -0.3 is 14.2 Å². The standard InChI is InChI=1S/C19H25NO3/c1-14-17(11-7-8-12-20)23-19(21-3)15(2)18(14)22-13-16-9-5-4-6-10-16/h4-10,14-15,17-19H,11,13H2,1-3H3/b8-7+/t14-,15+,17+,18-,19-/m0/s1. The highest BCUT2D eigenvalue weighted by atomic mass is 16.7. The summed E-state index contributed by atoms with van der Waals surface area (Å²) in [4.78, 5) is 0. The van der Waals surface area contributed by atoms with Crippen molar-refractivity contribution < 1.29 is 14.2 Å². The number of allylic oxidation sites excluding steroid dienone is 1. The summed E-state index contributed by atoms with van der Waals surface area (Å²) in [6, 6.07) is 12.2. The predicted octanol–water partition coefficient (Wildman–Crippen LogP) is 3.69. The molecule has 5 atom stereocenters. The Labute approximate surface area is 138 Å². The number of hydrogen-bond donors (Lipinski definition) is 0. The van der Waals surface area contributed by atoms with Crippen LogP contribution in [0.3, 0.4) is 0 Å². The maximum Gasteiger partial charge on any atom is 0.162 e. The molecule has 0 spiro atoms. The van der Waals surface area contributed by atoms with Gasteiger partial charge >= 0.3 is 0 Å². The number of nitrogens with zero attached hydrogens (tertiary/aromatic N) is 1. The third-order valence-electron chi connectivity index (χ3n) is 4.44. The molecule has 2 rings (SSSR count). The first-order valence-corrected chi connectivity index (χ1v) is 8.05. The van der Waals surface area contributed by atoms with Crippen molar-refractivity contribution in [3.63, 3.8) is 0 Å². The lowest BCUT2D eigenvalue weighted by molar-refractivity contribution is -0.261. The fourth-order valence-corrected chi connectivity index (χ4v) is 3.13. The molecule has 0 unspecified atom stereocenters. The molecule has 0 amide bonds. The Balaban J connectivity index is 2.04. The molecular formula is C19H25NO3. The van der Waals surface area contributed by atoms with E-state index in [1.165, 1.54) is 6.08 Å². The van der Waals surface area contributed by atoms with Crippen LogP contribution in [0.25, 0.3) is 0 Å². The molecule has 0 saturated carbocycles. The summed E-state index contributed by atoms with van der Waals surface area (Å²) in [6.45, 7) is 4.82. The molecule has 1 aromatic carbocycles. The number of nitriles is 1. The third-order valence-corrected chi connectivity index (χ3v) is 4.44. The van der Waals surface area contributed by atoms with Crippen LogP contribution in [-0.4, -0.2) is 25.6 Å². The van der Waals surface area contributed by atoms with Crippen LogP contribution in [-0.2, 0) is 20.8 Å². The second-order valence-electron chi connectivity index (χ2n) is 6.03. The van der Waals surface area contributed by atoms with Gasteiger partial charge in [0.1, 0.15) is 0 Å². The third kappa shape index (κ3) is 4.65. The van der Waals surface area contributed by atoms with Gasteiger partial charge in [0.05, 0.1) is 24.9 Å². The molecule has 4 nitrogen and oxygen atoms in total. The molecule has 1 aliphatic rings. The maximum absolute atomic E-state index is 8.64. The van der Waals surface area contributed by atoms with Crippen LogP contribution in [0.5, 0.6) is 0 Å². The van der Waals surface area contributed by atoms with Gasteiger partial charge in [0, 0.05) is 25.0 Å². The van der Waals surface area contributed by atoms with Crippen molar-refractivity contribution in [3.8, 4) is 6.07 Å². The topological polar surface area (TPSA) is 51.5 Å². The van der Waals surface area contributed by atoms with Gasteiger partial charge in [-0.3, -0.25) is 0 Å². The van der Waals surface area contributed by atoms with Crippen LogP contribution in [0, 0.1) is 23.2 Å². The number of benzene rings is 1. The zero-order valence-corrected chi connectivity index (χ0v) is 14.0. The average Bonchev–Trinajstić information content (AvgIpc) is 2.58. The molecule has 0 radical (unpaired) electrons. The van der Waals surface area contributed by atoms with Crippen molar-refractivity contribution in [2.45, 2.75) is 45.4 Å². The monoisotopic (exact) mass is 315 g/mol. The quantitative estimate of drug-likeness (QED) is 0.751. The summed E-state index contributed by atoms with van der Waals surface area (Å²) >= 11 is 0. The maximum atomic E-state index is 8.64. The summed E-state index contributed by atoms with van der Waals surface area (Å²) in [6.07, 6.45) is 3.78. The number of hydrogen-bond acceptors (Lipinski definition) is 4. The van der Waals surface area contributed by atoms with Crippen LogP contribution in [0.2, 0.25) is 0 Å². The molecule has 0 aliphatic carbocycles. The summed E-state index contributed by atoms with van der Waals surface area (Å²) in [7, 11) is 1.66. The summed E-state index contributed by atoms with van der Waals surface area (Å²) in [5.41, 5.74) is 1.16. The highest BCUT2D eigenvalue weighted by Crippen LogP contribution is 2.34. The number of rotatable bonds is 6. The van der Waals surface area contributed by atoms with Crippen LogP contribution in [0.1, 0.15) is 25.8 Å². The Morgan fingerprint density at radius 1 is 1.22 bits per heavy atom. The number of methoxy groups -OCH3 is 1. The first-order chi connectivity index (χ1) is 11.2. The Hall–Kier alpha value is -1.67. The van der Waals surface area contributed by atoms with Gasteiger partial charge in [-0.2, -0.15) is 5.26 Å². The van der Waals surface area contributed by atoms with Crippen LogP contribution < -0.4 is 0 Å². The fourth-order valence-electron chi connectivity index (χ4n) is 3.13. The Bertz CT molecular complexity index is 537. The smallest absolute Gasteiger partial charge is 0.162 e. The van der Waals surface area contributed by atoms with Crippen molar-refractivity contribution in [1.29, 1.82) is 5.26 Å². The Morgan fingerprint density at radius 3 is 2.61 bits per heavy atom. The molecule has 124 valence electrons. The van der Waals surface area contributed by atoms with E-state index in [4.69, 9.17) is 19.5 Å². The van der Waals surface area contributed by atoms with E-state index in [-0.39, 0.29) is 30.3 Å². The largest absolute Gasteiger partial charge is 0.373 e. The van der Waals surface area contributed by atoms with Gasteiger partial charge in [-0.25, -0.2) is 0 Å². The number of ether oxygens (including phenoxy) is 3. The van der Waals surface area contributed by atoms with E-state index >= 15 is 0 Å². The fraction of sp³-hybridized carbons (Fsp3) is 0.526. The van der Waals surface area contributed by atoms with Gasteiger partial charge in [-0.1, -0.05) is 50.3 Å². The lowest BCUT2D eigenvalue weighted by atomic mass is 9.84. The van der Waals surface area contributed by atoms with Crippen LogP contribution in [0.4, 0.5) is 0 Å². The summed E-state index contributed by atoms with van der Waals surface area (Å²) in [5, 5.41) is 8.64. The predicted molar refractivity (Wildman–Crippen MR) is 88.4 cm³/mol. The van der Waals surface area contributed by atoms with E-state index in [0.717, 1.165) is 5.56 Å². The lowest BCUT2D eigenvalue weighted by Gasteiger charge is -2.43. The summed E-state index contributed by atoms with van der Waals surface area (Å²) < 4.78 is 17.7. The van der Waals surface area contributed by atoms with E-state index in [9.17, 15) is 0 Å². The van der Waals surface area contributed by atoms with Crippen molar-refractivity contribution >= 4 is 0 Å². The molecule has 0 bridgehead atoms. The summed E-state index contributed by atoms with van der Waals surface area (Å²) in [5.74, 6) is 0.373. The molecule has 0 aromatic heterocycles. The van der Waals surface area contributed by atoms with Crippen molar-refractivity contribution in [3.05, 3.63) is 48.0 Å². The lowest BCUT2D eigenvalue weighted by Crippen LogP contribution is -2.50. The van der Waals surface area contributed by atoms with Crippen molar-refractivity contribution in [2.75, 3.05) is 7.11 Å². The Kier molecular flexibility index (Phi) is 6.79. The SMILES string of the molecule is CO[C@H]1O[C@H](C/C=C/C#N)[C@H](C)[C@H](OCc2ccccc2)[C@H]1C. The highest BCUT2D eigenvalue weighted by Gasteiger charge is 2.41. The Morgan fingerprint density at radius 2 is 1.96 bits per heavy atom. The van der Waals surface area contributed by atoms with Gasteiger partial charge in [0.15, 0.2) is 6.29 Å². The van der Waals surface area contributed by atoms with E-state index in [2.05, 4.69) is 26.0 Å². The van der Waals surface area contributed by atoms with Gasteiger partial charge in [-0.05, 0) is 12.0 Å². The minimum absolute atomic E-state index is 0.0125. The van der Waals surface area contributed by atoms with Crippen molar-refractivity contribution in [1.82, 2.24) is 0 Å². The normalized spacial score (nSPS) is 31.1.